The summed E-state index contributed by atoms with van der Waals surface area (Å²) in [5, 5.41) is 0. The van der Waals surface area contributed by atoms with Gasteiger partial charge in [0.2, 0.25) is 0 Å². The van der Waals surface area contributed by atoms with Crippen LogP contribution in [0.15, 0.2) is 18.2 Å². The summed E-state index contributed by atoms with van der Waals surface area (Å²) < 4.78 is 10.6. The predicted octanol–water partition coefficient (Wildman–Crippen LogP) is 4.33. The SMILES string of the molecule is CCCCC(Br)c1cc(OC)ccc1OC. The lowest BCUT2D eigenvalue weighted by molar-refractivity contribution is 0.398. The van der Waals surface area contributed by atoms with Gasteiger partial charge in [-0.1, -0.05) is 35.7 Å². The zero-order valence-electron chi connectivity index (χ0n) is 10.1. The summed E-state index contributed by atoms with van der Waals surface area (Å²) in [6.07, 6.45) is 3.52. The Labute approximate surface area is 106 Å². The molecule has 1 aromatic rings. The average Bonchev–Trinajstić information content (AvgIpc) is 2.35. The van der Waals surface area contributed by atoms with Crippen molar-refractivity contribution in [1.82, 2.24) is 0 Å². The van der Waals surface area contributed by atoms with Gasteiger partial charge in [0.1, 0.15) is 11.5 Å². The Morgan fingerprint density at radius 2 is 2.00 bits per heavy atom. The van der Waals surface area contributed by atoms with Crippen molar-refractivity contribution in [1.29, 1.82) is 0 Å². The Hall–Kier alpha value is -0.700. The molecule has 0 aliphatic rings. The van der Waals surface area contributed by atoms with Gasteiger partial charge in [-0.25, -0.2) is 0 Å². The van der Waals surface area contributed by atoms with Crippen LogP contribution in [0.25, 0.3) is 0 Å². The summed E-state index contributed by atoms with van der Waals surface area (Å²) in [6, 6.07) is 5.91. The van der Waals surface area contributed by atoms with E-state index in [1.165, 1.54) is 12.8 Å². The highest BCUT2D eigenvalue weighted by molar-refractivity contribution is 9.09. The lowest BCUT2D eigenvalue weighted by Gasteiger charge is -2.15. The molecule has 1 aromatic carbocycles. The third kappa shape index (κ3) is 3.41. The summed E-state index contributed by atoms with van der Waals surface area (Å²) in [7, 11) is 3.38. The van der Waals surface area contributed by atoms with Gasteiger partial charge in [-0.2, -0.15) is 0 Å². The number of hydrogen-bond acceptors (Lipinski definition) is 2. The van der Waals surface area contributed by atoms with Crippen LogP contribution in [0.4, 0.5) is 0 Å². The highest BCUT2D eigenvalue weighted by Gasteiger charge is 2.13. The zero-order valence-corrected chi connectivity index (χ0v) is 11.7. The summed E-state index contributed by atoms with van der Waals surface area (Å²) >= 11 is 3.71. The van der Waals surface area contributed by atoms with Gasteiger partial charge in [0.05, 0.1) is 14.2 Å². The molecule has 0 aromatic heterocycles. The first-order chi connectivity index (χ1) is 7.72. The van der Waals surface area contributed by atoms with E-state index in [0.29, 0.717) is 4.83 Å². The number of methoxy groups -OCH3 is 2. The van der Waals surface area contributed by atoms with Crippen LogP contribution in [0, 0.1) is 0 Å². The number of alkyl halides is 1. The number of halogens is 1. The Bertz CT molecular complexity index is 326. The molecule has 90 valence electrons. The van der Waals surface area contributed by atoms with Gasteiger partial charge in [0.15, 0.2) is 0 Å². The smallest absolute Gasteiger partial charge is 0.123 e. The normalized spacial score (nSPS) is 12.2. The number of ether oxygens (including phenoxy) is 2. The Morgan fingerprint density at radius 1 is 1.25 bits per heavy atom. The van der Waals surface area contributed by atoms with E-state index < -0.39 is 0 Å². The Kier molecular flexibility index (Phi) is 5.67. The third-order valence-corrected chi connectivity index (χ3v) is 3.54. The Morgan fingerprint density at radius 3 is 2.56 bits per heavy atom. The minimum Gasteiger partial charge on any atom is -0.497 e. The second kappa shape index (κ2) is 6.79. The van der Waals surface area contributed by atoms with Gasteiger partial charge in [-0.3, -0.25) is 0 Å². The number of hydrogen-bond donors (Lipinski definition) is 0. The van der Waals surface area contributed by atoms with Gasteiger partial charge in [-0.05, 0) is 24.6 Å². The molecule has 0 aliphatic carbocycles. The van der Waals surface area contributed by atoms with E-state index in [4.69, 9.17) is 9.47 Å². The minimum atomic E-state index is 0.331. The molecule has 0 spiro atoms. The number of rotatable bonds is 6. The summed E-state index contributed by atoms with van der Waals surface area (Å²) in [5.74, 6) is 1.79. The second-order valence-corrected chi connectivity index (χ2v) is 4.82. The molecule has 0 saturated heterocycles. The van der Waals surface area contributed by atoms with Gasteiger partial charge in [0, 0.05) is 10.4 Å². The summed E-state index contributed by atoms with van der Waals surface area (Å²) in [4.78, 5) is 0.331. The predicted molar refractivity (Wildman–Crippen MR) is 70.7 cm³/mol. The van der Waals surface area contributed by atoms with E-state index in [-0.39, 0.29) is 0 Å². The van der Waals surface area contributed by atoms with Gasteiger partial charge in [-0.15, -0.1) is 0 Å². The second-order valence-electron chi connectivity index (χ2n) is 3.72. The van der Waals surface area contributed by atoms with Gasteiger partial charge >= 0.3 is 0 Å². The molecular formula is C13H19BrO2. The van der Waals surface area contributed by atoms with Crippen molar-refractivity contribution in [2.24, 2.45) is 0 Å². The average molecular weight is 287 g/mol. The maximum atomic E-state index is 5.36. The molecule has 0 radical (unpaired) electrons. The van der Waals surface area contributed by atoms with Crippen LogP contribution >= 0.6 is 15.9 Å². The van der Waals surface area contributed by atoms with Crippen LogP contribution < -0.4 is 9.47 Å². The molecule has 16 heavy (non-hydrogen) atoms. The van der Waals surface area contributed by atoms with Crippen molar-refractivity contribution in [3.63, 3.8) is 0 Å². The molecule has 1 rings (SSSR count). The lowest BCUT2D eigenvalue weighted by Crippen LogP contribution is -1.96. The fraction of sp³-hybridized carbons (Fsp3) is 0.538. The number of benzene rings is 1. The largest absolute Gasteiger partial charge is 0.497 e. The molecule has 0 heterocycles. The van der Waals surface area contributed by atoms with E-state index in [0.717, 1.165) is 23.5 Å². The highest BCUT2D eigenvalue weighted by Crippen LogP contribution is 2.37. The number of unbranched alkanes of at least 4 members (excludes halogenated alkanes) is 1. The van der Waals surface area contributed by atoms with E-state index >= 15 is 0 Å². The molecule has 0 N–H and O–H groups in total. The van der Waals surface area contributed by atoms with Crippen LogP contribution in [-0.2, 0) is 0 Å². The third-order valence-electron chi connectivity index (χ3n) is 2.59. The van der Waals surface area contributed by atoms with Crippen molar-refractivity contribution in [3.05, 3.63) is 23.8 Å². The molecular weight excluding hydrogens is 268 g/mol. The first-order valence-electron chi connectivity index (χ1n) is 5.59. The molecule has 1 atom stereocenters. The highest BCUT2D eigenvalue weighted by atomic mass is 79.9. The van der Waals surface area contributed by atoms with Crippen LogP contribution in [0.1, 0.15) is 36.6 Å². The molecule has 0 amide bonds. The fourth-order valence-electron chi connectivity index (χ4n) is 1.62. The van der Waals surface area contributed by atoms with Crippen LogP contribution in [0.2, 0.25) is 0 Å². The van der Waals surface area contributed by atoms with Crippen LogP contribution in [0.5, 0.6) is 11.5 Å². The molecule has 0 aliphatic heterocycles. The maximum Gasteiger partial charge on any atom is 0.123 e. The van der Waals surface area contributed by atoms with E-state index in [9.17, 15) is 0 Å². The van der Waals surface area contributed by atoms with E-state index in [2.05, 4.69) is 22.9 Å². The molecule has 3 heteroatoms. The monoisotopic (exact) mass is 286 g/mol. The first kappa shape index (κ1) is 13.4. The maximum absolute atomic E-state index is 5.36. The van der Waals surface area contributed by atoms with Crippen LogP contribution in [-0.4, -0.2) is 14.2 Å². The lowest BCUT2D eigenvalue weighted by atomic mass is 10.1. The zero-order chi connectivity index (χ0) is 12.0. The first-order valence-corrected chi connectivity index (χ1v) is 6.50. The van der Waals surface area contributed by atoms with E-state index in [1.807, 2.05) is 18.2 Å². The topological polar surface area (TPSA) is 18.5 Å². The molecule has 1 unspecified atom stereocenters. The van der Waals surface area contributed by atoms with Crippen molar-refractivity contribution in [3.8, 4) is 11.5 Å². The Balaban J connectivity index is 2.89. The van der Waals surface area contributed by atoms with Crippen molar-refractivity contribution >= 4 is 15.9 Å². The summed E-state index contributed by atoms with van der Waals surface area (Å²) in [5.41, 5.74) is 1.16. The van der Waals surface area contributed by atoms with Crippen molar-refractivity contribution in [2.45, 2.75) is 31.0 Å². The van der Waals surface area contributed by atoms with Crippen LogP contribution in [0.3, 0.4) is 0 Å². The van der Waals surface area contributed by atoms with Gasteiger partial charge < -0.3 is 9.47 Å². The molecule has 0 bridgehead atoms. The standard InChI is InChI=1S/C13H19BrO2/c1-4-5-6-12(14)11-9-10(15-2)7-8-13(11)16-3/h7-9,12H,4-6H2,1-3H3. The van der Waals surface area contributed by atoms with Crippen molar-refractivity contribution in [2.75, 3.05) is 14.2 Å². The fourth-order valence-corrected chi connectivity index (χ4v) is 2.30. The molecule has 2 nitrogen and oxygen atoms in total. The minimum absolute atomic E-state index is 0.331. The molecule has 0 fully saturated rings. The van der Waals surface area contributed by atoms with Crippen molar-refractivity contribution < 1.29 is 9.47 Å². The van der Waals surface area contributed by atoms with E-state index in [1.54, 1.807) is 14.2 Å². The molecule has 0 saturated carbocycles. The van der Waals surface area contributed by atoms with Gasteiger partial charge in [0.25, 0.3) is 0 Å². The summed E-state index contributed by atoms with van der Waals surface area (Å²) in [6.45, 7) is 2.20. The quantitative estimate of drug-likeness (QED) is 0.725.